The predicted octanol–water partition coefficient (Wildman–Crippen LogP) is 1.57. The molecule has 1 aromatic rings. The first-order valence-electron chi connectivity index (χ1n) is 9.65. The molecule has 1 aromatic carbocycles. The molecule has 1 amide bonds. The highest BCUT2D eigenvalue weighted by Gasteiger charge is 2.42. The fourth-order valence-electron chi connectivity index (χ4n) is 4.82. The zero-order chi connectivity index (χ0) is 18.3. The van der Waals surface area contributed by atoms with E-state index in [0.29, 0.717) is 0 Å². The van der Waals surface area contributed by atoms with Gasteiger partial charge in [-0.1, -0.05) is 0 Å². The van der Waals surface area contributed by atoms with E-state index in [9.17, 15) is 4.79 Å². The molecule has 4 rings (SSSR count). The summed E-state index contributed by atoms with van der Waals surface area (Å²) in [5.74, 6) is 1.72. The molecule has 6 nitrogen and oxygen atoms in total. The van der Waals surface area contributed by atoms with Crippen molar-refractivity contribution in [3.8, 4) is 11.5 Å². The molecule has 0 radical (unpaired) electrons. The van der Waals surface area contributed by atoms with E-state index in [2.05, 4.69) is 17.0 Å². The van der Waals surface area contributed by atoms with Crippen molar-refractivity contribution >= 4 is 5.91 Å². The largest absolute Gasteiger partial charge is 0.493 e. The van der Waals surface area contributed by atoms with Gasteiger partial charge in [0.2, 0.25) is 5.91 Å². The third-order valence-corrected chi connectivity index (χ3v) is 6.29. The maximum atomic E-state index is 12.9. The van der Waals surface area contributed by atoms with Crippen molar-refractivity contribution in [2.24, 2.45) is 11.7 Å². The van der Waals surface area contributed by atoms with Crippen molar-refractivity contribution in [1.82, 2.24) is 9.80 Å². The van der Waals surface area contributed by atoms with E-state index < -0.39 is 0 Å². The zero-order valence-corrected chi connectivity index (χ0v) is 15.7. The Morgan fingerprint density at radius 3 is 2.50 bits per heavy atom. The van der Waals surface area contributed by atoms with E-state index in [1.54, 1.807) is 14.2 Å². The van der Waals surface area contributed by atoms with E-state index in [1.807, 2.05) is 4.90 Å². The van der Waals surface area contributed by atoms with Crippen LogP contribution in [-0.2, 0) is 11.2 Å². The number of fused-ring (bicyclic) bond motifs is 3. The summed E-state index contributed by atoms with van der Waals surface area (Å²) in [6.07, 6.45) is 4.02. The number of rotatable bonds is 3. The molecule has 0 bridgehead atoms. The van der Waals surface area contributed by atoms with Crippen LogP contribution in [0.25, 0.3) is 0 Å². The van der Waals surface area contributed by atoms with Gasteiger partial charge in [0.25, 0.3) is 0 Å². The Hall–Kier alpha value is -1.79. The van der Waals surface area contributed by atoms with Crippen LogP contribution in [0.3, 0.4) is 0 Å². The SMILES string of the molecule is COc1cc2c(cc1OC)[C@@H]1C[C@H](N)[C@@H](C(=O)N3CCCC3)CN1CC2. The van der Waals surface area contributed by atoms with Crippen LogP contribution in [-0.4, -0.2) is 62.1 Å². The van der Waals surface area contributed by atoms with Crippen LogP contribution in [0, 0.1) is 5.92 Å². The summed E-state index contributed by atoms with van der Waals surface area (Å²) >= 11 is 0. The average Bonchev–Trinajstić information content (AvgIpc) is 3.20. The van der Waals surface area contributed by atoms with Gasteiger partial charge in [-0.15, -0.1) is 0 Å². The second kappa shape index (κ2) is 7.08. The van der Waals surface area contributed by atoms with Crippen molar-refractivity contribution in [1.29, 1.82) is 0 Å². The van der Waals surface area contributed by atoms with Crippen molar-refractivity contribution < 1.29 is 14.3 Å². The van der Waals surface area contributed by atoms with Gasteiger partial charge in [0.05, 0.1) is 20.1 Å². The number of amides is 1. The van der Waals surface area contributed by atoms with Crippen LogP contribution in [0.5, 0.6) is 11.5 Å². The first kappa shape index (κ1) is 17.6. The van der Waals surface area contributed by atoms with Crippen LogP contribution in [0.1, 0.15) is 36.4 Å². The van der Waals surface area contributed by atoms with Crippen LogP contribution in [0.4, 0.5) is 0 Å². The number of benzene rings is 1. The number of nitrogens with two attached hydrogens (primary N) is 1. The summed E-state index contributed by atoms with van der Waals surface area (Å²) in [4.78, 5) is 17.3. The molecule has 3 atom stereocenters. The minimum absolute atomic E-state index is 0.0777. The number of methoxy groups -OCH3 is 2. The van der Waals surface area contributed by atoms with E-state index in [0.717, 1.165) is 63.4 Å². The van der Waals surface area contributed by atoms with Crippen LogP contribution in [0.15, 0.2) is 12.1 Å². The van der Waals surface area contributed by atoms with Gasteiger partial charge in [-0.3, -0.25) is 9.69 Å². The standard InChI is InChI=1S/C20H29N3O3/c1-25-18-9-13-5-8-23-12-15(20(24)22-6-3-4-7-22)16(21)11-17(23)14(13)10-19(18)26-2/h9-10,15-17H,3-8,11-12,21H2,1-2H3/t15-,16-,17-/m0/s1. The average molecular weight is 359 g/mol. The minimum Gasteiger partial charge on any atom is -0.493 e. The van der Waals surface area contributed by atoms with Gasteiger partial charge in [-0.05, 0) is 48.9 Å². The quantitative estimate of drug-likeness (QED) is 0.887. The summed E-state index contributed by atoms with van der Waals surface area (Å²) < 4.78 is 11.0. The first-order chi connectivity index (χ1) is 12.6. The van der Waals surface area contributed by atoms with Crippen molar-refractivity contribution in [2.45, 2.75) is 37.8 Å². The Labute approximate surface area is 155 Å². The molecule has 3 aliphatic heterocycles. The molecule has 0 unspecified atom stereocenters. The van der Waals surface area contributed by atoms with Gasteiger partial charge in [-0.25, -0.2) is 0 Å². The van der Waals surface area contributed by atoms with Gasteiger partial charge < -0.3 is 20.1 Å². The predicted molar refractivity (Wildman–Crippen MR) is 99.5 cm³/mol. The van der Waals surface area contributed by atoms with Crippen LogP contribution < -0.4 is 15.2 Å². The van der Waals surface area contributed by atoms with Gasteiger partial charge in [0, 0.05) is 38.3 Å². The Morgan fingerprint density at radius 1 is 1.12 bits per heavy atom. The fraction of sp³-hybridized carbons (Fsp3) is 0.650. The van der Waals surface area contributed by atoms with E-state index in [-0.39, 0.29) is 23.9 Å². The van der Waals surface area contributed by atoms with Crippen LogP contribution in [0.2, 0.25) is 0 Å². The number of carbonyl (C=O) groups is 1. The Kier molecular flexibility index (Phi) is 4.80. The second-order valence-corrected chi connectivity index (χ2v) is 7.71. The summed E-state index contributed by atoms with van der Waals surface area (Å²) in [5.41, 5.74) is 9.09. The molecular formula is C20H29N3O3. The summed E-state index contributed by atoms with van der Waals surface area (Å²) in [6, 6.07) is 4.36. The monoisotopic (exact) mass is 359 g/mol. The highest BCUT2D eigenvalue weighted by molar-refractivity contribution is 5.80. The van der Waals surface area contributed by atoms with Crippen LogP contribution >= 0.6 is 0 Å². The lowest BCUT2D eigenvalue weighted by Gasteiger charge is -2.46. The third kappa shape index (κ3) is 2.95. The fourth-order valence-corrected chi connectivity index (χ4v) is 4.82. The highest BCUT2D eigenvalue weighted by Crippen LogP contribution is 2.42. The number of hydrogen-bond acceptors (Lipinski definition) is 5. The molecule has 0 aromatic heterocycles. The summed E-state index contributed by atoms with van der Waals surface area (Å²) in [5, 5.41) is 0. The molecule has 0 saturated carbocycles. The lowest BCUT2D eigenvalue weighted by molar-refractivity contribution is -0.137. The molecule has 6 heteroatoms. The highest BCUT2D eigenvalue weighted by atomic mass is 16.5. The van der Waals surface area contributed by atoms with Crippen molar-refractivity contribution in [2.75, 3.05) is 40.4 Å². The van der Waals surface area contributed by atoms with Gasteiger partial charge in [-0.2, -0.15) is 0 Å². The van der Waals surface area contributed by atoms with E-state index in [4.69, 9.17) is 15.2 Å². The smallest absolute Gasteiger partial charge is 0.228 e. The number of piperidine rings is 1. The minimum atomic E-state index is -0.0941. The van der Waals surface area contributed by atoms with Crippen molar-refractivity contribution in [3.63, 3.8) is 0 Å². The summed E-state index contributed by atoms with van der Waals surface area (Å²) in [6.45, 7) is 3.51. The first-order valence-corrected chi connectivity index (χ1v) is 9.65. The molecule has 3 heterocycles. The van der Waals surface area contributed by atoms with Crippen molar-refractivity contribution in [3.05, 3.63) is 23.3 Å². The molecular weight excluding hydrogens is 330 g/mol. The maximum absolute atomic E-state index is 12.9. The molecule has 142 valence electrons. The van der Waals surface area contributed by atoms with Gasteiger partial charge >= 0.3 is 0 Å². The molecule has 2 fully saturated rings. The third-order valence-electron chi connectivity index (χ3n) is 6.29. The summed E-state index contributed by atoms with van der Waals surface area (Å²) in [7, 11) is 3.34. The topological polar surface area (TPSA) is 68.0 Å². The van der Waals surface area contributed by atoms with Gasteiger partial charge in [0.15, 0.2) is 11.5 Å². The van der Waals surface area contributed by atoms with E-state index in [1.165, 1.54) is 11.1 Å². The maximum Gasteiger partial charge on any atom is 0.228 e. The molecule has 2 saturated heterocycles. The lowest BCUT2D eigenvalue weighted by atomic mass is 9.80. The Morgan fingerprint density at radius 2 is 1.81 bits per heavy atom. The lowest BCUT2D eigenvalue weighted by Crippen LogP contribution is -2.55. The zero-order valence-electron chi connectivity index (χ0n) is 15.7. The molecule has 26 heavy (non-hydrogen) atoms. The molecule has 0 spiro atoms. The molecule has 0 aliphatic carbocycles. The molecule has 3 aliphatic rings. The van der Waals surface area contributed by atoms with E-state index >= 15 is 0 Å². The normalized spacial score (nSPS) is 28.4. The number of hydrogen-bond donors (Lipinski definition) is 1. The number of ether oxygens (including phenoxy) is 2. The molecule has 2 N–H and O–H groups in total. The Balaban J connectivity index is 1.57. The number of nitrogens with zero attached hydrogens (tertiary/aromatic N) is 2. The Bertz CT molecular complexity index is 687. The number of carbonyl (C=O) groups excluding carboxylic acids is 1. The van der Waals surface area contributed by atoms with Gasteiger partial charge in [0.1, 0.15) is 0 Å². The number of likely N-dealkylation sites (tertiary alicyclic amines) is 1. The second-order valence-electron chi connectivity index (χ2n) is 7.71.